The molecule has 0 saturated heterocycles. The Morgan fingerprint density at radius 1 is 0.400 bits per heavy atom. The summed E-state index contributed by atoms with van der Waals surface area (Å²) < 4.78 is 8.28. The first kappa shape index (κ1) is 793. The van der Waals surface area contributed by atoms with Crippen LogP contribution in [-0.2, 0) is 3.80 Å². The van der Waals surface area contributed by atoms with Crippen LogP contribution in [0.3, 0.4) is 0 Å². The predicted octanol–water partition coefficient (Wildman–Crippen LogP) is -7.36. The summed E-state index contributed by atoms with van der Waals surface area (Å²) in [7, 11) is 0. The molecule has 0 saturated carbocycles. The monoisotopic (exact) mass is 188 g/mol. The third kappa shape index (κ3) is 2530000. The van der Waals surface area contributed by atoms with Gasteiger partial charge in [0.25, 0.3) is 0 Å². The quantitative estimate of drug-likeness (QED) is 0.329. The van der Waals surface area contributed by atoms with E-state index in [0.717, 1.165) is 0 Å². The van der Waals surface area contributed by atoms with Crippen LogP contribution in [0.1, 0.15) is 0 Å². The molecule has 0 aromatic carbocycles. The van der Waals surface area contributed by atoms with E-state index in [4.69, 9.17) is 3.80 Å². The van der Waals surface area contributed by atoms with Crippen LogP contribution in [0.2, 0.25) is 0 Å². The van der Waals surface area contributed by atoms with Crippen LogP contribution in [-0.4, -0.2) is 60.0 Å². The first-order valence-electron chi connectivity index (χ1n) is 0.289. The Morgan fingerprint density at radius 3 is 0.400 bits per heavy atom. The molecule has 0 amide bonds. The summed E-state index contributed by atoms with van der Waals surface area (Å²) >= 11 is 0.611. The molecule has 0 fully saturated rings. The van der Waals surface area contributed by atoms with E-state index in [-0.39, 0.29) is 43.8 Å². The normalized spacial score (nSPS) is 0.300. The Bertz CT molecular complexity index is 4.69. The van der Waals surface area contributed by atoms with Gasteiger partial charge in [-0.2, -0.15) is 0 Å². The maximum atomic E-state index is 8.28. The van der Waals surface area contributed by atoms with Crippen LogP contribution in [0.15, 0.2) is 0 Å². The second-order valence-electron chi connectivity index (χ2n) is 0. The van der Waals surface area contributed by atoms with Crippen molar-refractivity contribution in [2.45, 2.75) is 0 Å². The maximum absolute atomic E-state index is 8.28. The van der Waals surface area contributed by atoms with Gasteiger partial charge in [0, 0.05) is 0 Å². The number of rotatable bonds is 0. The molecule has 16 N–H and O–H groups in total. The average molecular weight is 188 g/mol. The first-order chi connectivity index (χ1) is 1.00. The van der Waals surface area contributed by atoms with Gasteiger partial charge in [-0.15, -0.1) is 0 Å². The first-order valence-corrected chi connectivity index (χ1v) is 0.866. The fourth-order valence-electron chi connectivity index (χ4n) is 0. The third-order valence-electron chi connectivity index (χ3n) is 0. The Balaban J connectivity index is -0.000000000179. The minimum atomic E-state index is 0. The Labute approximate surface area is 64.8 Å². The molecule has 0 bridgehead atoms. The molecule has 0 rings (SSSR count). The summed E-state index contributed by atoms with van der Waals surface area (Å²) in [5, 5.41) is 0. The van der Waals surface area contributed by atoms with E-state index in [9.17, 15) is 0 Å². The molecule has 0 aliphatic rings. The van der Waals surface area contributed by atoms with Gasteiger partial charge in [0.05, 0.1) is 0 Å². The summed E-state index contributed by atoms with van der Waals surface area (Å²) in [6.45, 7) is 0. The second kappa shape index (κ2) is 3720000. The van der Waals surface area contributed by atoms with Gasteiger partial charge in [0.2, 0.25) is 0 Å². The van der Waals surface area contributed by atoms with Gasteiger partial charge < -0.3 is 43.8 Å². The molecule has 9 nitrogen and oxygen atoms in total. The molecule has 0 spiro atoms. The van der Waals surface area contributed by atoms with Crippen LogP contribution in [0.5, 0.6) is 0 Å². The van der Waals surface area contributed by atoms with Gasteiger partial charge in [-0.3, -0.25) is 0 Å². The van der Waals surface area contributed by atoms with Crippen molar-refractivity contribution in [1.29, 1.82) is 0 Å². The van der Waals surface area contributed by atoms with Crippen LogP contribution in [0.4, 0.5) is 0 Å². The molecule has 10 heteroatoms. The summed E-state index contributed by atoms with van der Waals surface area (Å²) in [4.78, 5) is 0. The summed E-state index contributed by atoms with van der Waals surface area (Å²) in [5.74, 6) is 0. The molecular formula is H17AlO9. The van der Waals surface area contributed by atoms with Crippen molar-refractivity contribution >= 4 is 16.2 Å². The Kier molecular flexibility index (Phi) is 295000000. The average Bonchev–Trinajstić information content (AvgIpc) is 1.00. The Hall–Kier alpha value is 0.0125. The Morgan fingerprint density at radius 2 is 0.400 bits per heavy atom. The van der Waals surface area contributed by atoms with Crippen LogP contribution < -0.4 is 0 Å². The van der Waals surface area contributed by atoms with E-state index >= 15 is 0 Å². The zero-order valence-electron chi connectivity index (χ0n) is 5.12. The molecule has 0 aliphatic carbocycles. The van der Waals surface area contributed by atoms with Crippen molar-refractivity contribution in [2.75, 3.05) is 0 Å². The molecule has 0 heterocycles. The van der Waals surface area contributed by atoms with Gasteiger partial charge in [-0.1, -0.05) is 0 Å². The van der Waals surface area contributed by atoms with E-state index < -0.39 is 0 Å². The van der Waals surface area contributed by atoms with Crippen molar-refractivity contribution in [1.82, 2.24) is 0 Å². The summed E-state index contributed by atoms with van der Waals surface area (Å²) in [6.07, 6.45) is 0. The van der Waals surface area contributed by atoms with Gasteiger partial charge in [-0.05, 0) is 0 Å². The molecular weight excluding hydrogens is 171 g/mol. The van der Waals surface area contributed by atoms with Gasteiger partial charge in [0.15, 0.2) is 0 Å². The van der Waals surface area contributed by atoms with E-state index in [1.54, 1.807) is 0 Å². The van der Waals surface area contributed by atoms with Crippen molar-refractivity contribution in [2.24, 2.45) is 0 Å². The van der Waals surface area contributed by atoms with E-state index in [1.807, 2.05) is 0 Å². The molecule has 0 radical (unpaired) electrons. The fourth-order valence-corrected chi connectivity index (χ4v) is 0. The van der Waals surface area contributed by atoms with Gasteiger partial charge >= 0.3 is 20.0 Å². The van der Waals surface area contributed by atoms with Crippen molar-refractivity contribution in [3.8, 4) is 0 Å². The van der Waals surface area contributed by atoms with Crippen molar-refractivity contribution in [3.05, 3.63) is 0 Å². The SMILES string of the molecule is O.O.O.O.O.O.O.O.[O]=[AlH]. The molecule has 0 aromatic heterocycles. The fraction of sp³-hybridized carbons (Fsp3) is 0. The summed E-state index contributed by atoms with van der Waals surface area (Å²) in [5.41, 5.74) is 0. The van der Waals surface area contributed by atoms with E-state index in [1.165, 1.54) is 0 Å². The van der Waals surface area contributed by atoms with Crippen LogP contribution >= 0.6 is 0 Å². The van der Waals surface area contributed by atoms with E-state index in [2.05, 4.69) is 0 Å². The molecule has 10 heavy (non-hydrogen) atoms. The van der Waals surface area contributed by atoms with E-state index in [0.29, 0.717) is 16.2 Å². The predicted molar refractivity (Wildman–Crippen MR) is 36.7 cm³/mol. The third-order valence-corrected chi connectivity index (χ3v) is 0. The van der Waals surface area contributed by atoms with Crippen LogP contribution in [0, 0.1) is 0 Å². The molecule has 0 aliphatic heterocycles. The topological polar surface area (TPSA) is 269 Å². The van der Waals surface area contributed by atoms with Crippen molar-refractivity contribution in [3.63, 3.8) is 0 Å². The van der Waals surface area contributed by atoms with Crippen molar-refractivity contribution < 1.29 is 47.6 Å². The molecule has 0 unspecified atom stereocenters. The standard InChI is InChI=1S/Al.8H2O.O.H/h;8*1H2;;. The zero-order valence-corrected chi connectivity index (χ0v) is 6.53. The molecule has 0 atom stereocenters. The zero-order chi connectivity index (χ0) is 2.00. The second-order valence-corrected chi connectivity index (χ2v) is 0. The number of hydrogen-bond acceptors (Lipinski definition) is 1. The molecule has 0 aromatic rings. The molecule has 74 valence electrons. The summed E-state index contributed by atoms with van der Waals surface area (Å²) in [6, 6.07) is 0. The van der Waals surface area contributed by atoms with Crippen LogP contribution in [0.25, 0.3) is 0 Å². The van der Waals surface area contributed by atoms with Gasteiger partial charge in [0.1, 0.15) is 0 Å². The number of hydrogen-bond donors (Lipinski definition) is 0. The minimum absolute atomic E-state index is 0. The van der Waals surface area contributed by atoms with Gasteiger partial charge in [-0.25, -0.2) is 0 Å².